The Morgan fingerprint density at radius 3 is 3.08 bits per heavy atom. The molecule has 1 aliphatic carbocycles. The number of hydrogen-bond donors (Lipinski definition) is 1. The predicted octanol–water partition coefficient (Wildman–Crippen LogP) is 2.75. The van der Waals surface area contributed by atoms with Crippen LogP contribution in [0.2, 0.25) is 5.02 Å². The molecule has 0 spiro atoms. The number of fused-ring (bicyclic) bond motifs is 1. The minimum atomic E-state index is 0.219. The van der Waals surface area contributed by atoms with Crippen LogP contribution in [0.15, 0.2) is 18.2 Å². The van der Waals surface area contributed by atoms with Crippen molar-refractivity contribution in [3.05, 3.63) is 34.3 Å². The zero-order valence-electron chi connectivity index (χ0n) is 7.46. The summed E-state index contributed by atoms with van der Waals surface area (Å²) in [6, 6.07) is 6.01. The highest BCUT2D eigenvalue weighted by Gasteiger charge is 2.21. The molecule has 1 nitrogen and oxygen atoms in total. The van der Waals surface area contributed by atoms with Crippen LogP contribution in [0.4, 0.5) is 0 Å². The molecule has 0 radical (unpaired) electrons. The molecule has 0 saturated carbocycles. The lowest BCUT2D eigenvalue weighted by atomic mass is 9.83. The number of aryl methyl sites for hydroxylation is 1. The maximum absolute atomic E-state index is 9.20. The number of benzene rings is 1. The lowest BCUT2D eigenvalue weighted by molar-refractivity contribution is 0.253. The van der Waals surface area contributed by atoms with E-state index in [0.717, 1.165) is 17.9 Å². The van der Waals surface area contributed by atoms with Gasteiger partial charge in [0.05, 0.1) is 0 Å². The van der Waals surface area contributed by atoms with Crippen LogP contribution in [0.1, 0.15) is 29.9 Å². The topological polar surface area (TPSA) is 20.2 Å². The van der Waals surface area contributed by atoms with Gasteiger partial charge in [-0.05, 0) is 36.5 Å². The Balaban J connectivity index is 2.47. The molecule has 0 bridgehead atoms. The van der Waals surface area contributed by atoms with E-state index in [1.165, 1.54) is 17.5 Å². The molecule has 0 fully saturated rings. The van der Waals surface area contributed by atoms with Gasteiger partial charge >= 0.3 is 0 Å². The van der Waals surface area contributed by atoms with Gasteiger partial charge in [0.15, 0.2) is 0 Å². The van der Waals surface area contributed by atoms with Gasteiger partial charge in [-0.1, -0.05) is 23.7 Å². The summed E-state index contributed by atoms with van der Waals surface area (Å²) in [5.41, 5.74) is 2.50. The van der Waals surface area contributed by atoms with Crippen molar-refractivity contribution in [2.24, 2.45) is 0 Å². The Morgan fingerprint density at radius 2 is 2.31 bits per heavy atom. The zero-order valence-corrected chi connectivity index (χ0v) is 8.22. The molecule has 0 aliphatic heterocycles. The molecule has 1 unspecified atom stereocenters. The first-order chi connectivity index (χ1) is 6.33. The predicted molar refractivity (Wildman–Crippen MR) is 54.2 cm³/mol. The van der Waals surface area contributed by atoms with Gasteiger partial charge < -0.3 is 5.11 Å². The van der Waals surface area contributed by atoms with Gasteiger partial charge in [0.25, 0.3) is 0 Å². The Kier molecular flexibility index (Phi) is 2.56. The van der Waals surface area contributed by atoms with Crippen molar-refractivity contribution in [1.82, 2.24) is 0 Å². The molecule has 70 valence electrons. The zero-order chi connectivity index (χ0) is 9.26. The first kappa shape index (κ1) is 9.04. The van der Waals surface area contributed by atoms with Crippen molar-refractivity contribution in [1.29, 1.82) is 0 Å². The van der Waals surface area contributed by atoms with Crippen molar-refractivity contribution < 1.29 is 5.11 Å². The van der Waals surface area contributed by atoms with Crippen molar-refractivity contribution in [2.45, 2.75) is 25.2 Å². The number of rotatable bonds is 1. The quantitative estimate of drug-likeness (QED) is 0.733. The van der Waals surface area contributed by atoms with Crippen LogP contribution < -0.4 is 0 Å². The van der Waals surface area contributed by atoms with Gasteiger partial charge in [0.2, 0.25) is 0 Å². The van der Waals surface area contributed by atoms with E-state index in [1.54, 1.807) is 0 Å². The minimum Gasteiger partial charge on any atom is -0.396 e. The van der Waals surface area contributed by atoms with Gasteiger partial charge in [-0.15, -0.1) is 0 Å². The van der Waals surface area contributed by atoms with Crippen LogP contribution in [-0.4, -0.2) is 11.7 Å². The highest BCUT2D eigenvalue weighted by Crippen LogP contribution is 2.35. The standard InChI is InChI=1S/C11H13ClO/c12-10-6-2-4-8-3-1-5-9(7-13)11(8)10/h2,4,6,9,13H,1,3,5,7H2. The fourth-order valence-corrected chi connectivity index (χ4v) is 2.47. The molecule has 1 aliphatic rings. The Morgan fingerprint density at radius 1 is 1.46 bits per heavy atom. The molecular formula is C11H13ClO. The van der Waals surface area contributed by atoms with E-state index in [2.05, 4.69) is 6.07 Å². The van der Waals surface area contributed by atoms with E-state index in [0.29, 0.717) is 0 Å². The van der Waals surface area contributed by atoms with Crippen LogP contribution in [-0.2, 0) is 6.42 Å². The van der Waals surface area contributed by atoms with Gasteiger partial charge in [-0.25, -0.2) is 0 Å². The van der Waals surface area contributed by atoms with Crippen molar-refractivity contribution in [3.8, 4) is 0 Å². The van der Waals surface area contributed by atoms with E-state index in [-0.39, 0.29) is 12.5 Å². The Bertz CT molecular complexity index is 309. The minimum absolute atomic E-state index is 0.219. The fraction of sp³-hybridized carbons (Fsp3) is 0.455. The van der Waals surface area contributed by atoms with Crippen LogP contribution in [0, 0.1) is 0 Å². The van der Waals surface area contributed by atoms with Crippen molar-refractivity contribution in [2.75, 3.05) is 6.61 Å². The molecule has 0 saturated heterocycles. The summed E-state index contributed by atoms with van der Waals surface area (Å²) in [6.45, 7) is 0.219. The lowest BCUT2D eigenvalue weighted by Gasteiger charge is -2.24. The summed E-state index contributed by atoms with van der Waals surface area (Å²) in [7, 11) is 0. The normalized spacial score (nSPS) is 21.2. The van der Waals surface area contributed by atoms with Gasteiger partial charge in [-0.2, -0.15) is 0 Å². The molecule has 0 heterocycles. The molecule has 1 aromatic carbocycles. The molecular weight excluding hydrogens is 184 g/mol. The summed E-state index contributed by atoms with van der Waals surface area (Å²) < 4.78 is 0. The first-order valence-corrected chi connectivity index (χ1v) is 5.09. The van der Waals surface area contributed by atoms with Crippen molar-refractivity contribution >= 4 is 11.6 Å². The molecule has 2 rings (SSSR count). The number of aliphatic hydroxyl groups is 1. The smallest absolute Gasteiger partial charge is 0.0500 e. The summed E-state index contributed by atoms with van der Waals surface area (Å²) in [5, 5.41) is 10.0. The monoisotopic (exact) mass is 196 g/mol. The maximum Gasteiger partial charge on any atom is 0.0500 e. The molecule has 0 amide bonds. The number of halogens is 1. The molecule has 1 N–H and O–H groups in total. The highest BCUT2D eigenvalue weighted by atomic mass is 35.5. The largest absolute Gasteiger partial charge is 0.396 e. The maximum atomic E-state index is 9.20. The number of aliphatic hydroxyl groups excluding tert-OH is 1. The highest BCUT2D eigenvalue weighted by molar-refractivity contribution is 6.31. The van der Waals surface area contributed by atoms with Gasteiger partial charge in [0, 0.05) is 17.5 Å². The van der Waals surface area contributed by atoms with E-state index in [9.17, 15) is 5.11 Å². The SMILES string of the molecule is OCC1CCCc2cccc(Cl)c21. The van der Waals surface area contributed by atoms with Gasteiger partial charge in [-0.3, -0.25) is 0 Å². The molecule has 1 aromatic rings. The fourth-order valence-electron chi connectivity index (χ4n) is 2.12. The lowest BCUT2D eigenvalue weighted by Crippen LogP contribution is -2.13. The summed E-state index contributed by atoms with van der Waals surface area (Å²) in [6.07, 6.45) is 3.33. The van der Waals surface area contributed by atoms with Crippen LogP contribution in [0.25, 0.3) is 0 Å². The third-order valence-electron chi connectivity index (χ3n) is 2.77. The third kappa shape index (κ3) is 1.59. The molecule has 13 heavy (non-hydrogen) atoms. The van der Waals surface area contributed by atoms with E-state index in [4.69, 9.17) is 11.6 Å². The van der Waals surface area contributed by atoms with E-state index in [1.807, 2.05) is 12.1 Å². The van der Waals surface area contributed by atoms with Crippen molar-refractivity contribution in [3.63, 3.8) is 0 Å². The second-order valence-electron chi connectivity index (χ2n) is 3.58. The second-order valence-corrected chi connectivity index (χ2v) is 3.99. The van der Waals surface area contributed by atoms with Crippen LogP contribution >= 0.6 is 11.6 Å². The summed E-state index contributed by atoms with van der Waals surface area (Å²) >= 11 is 6.10. The summed E-state index contributed by atoms with van der Waals surface area (Å²) in [5.74, 6) is 0.262. The van der Waals surface area contributed by atoms with E-state index < -0.39 is 0 Å². The Labute approximate surface area is 83.3 Å². The average molecular weight is 197 g/mol. The summed E-state index contributed by atoms with van der Waals surface area (Å²) in [4.78, 5) is 0. The average Bonchev–Trinajstić information content (AvgIpc) is 2.17. The first-order valence-electron chi connectivity index (χ1n) is 4.71. The Hall–Kier alpha value is -0.530. The third-order valence-corrected chi connectivity index (χ3v) is 3.10. The number of hydrogen-bond acceptors (Lipinski definition) is 1. The molecule has 1 atom stereocenters. The van der Waals surface area contributed by atoms with E-state index >= 15 is 0 Å². The molecule has 0 aromatic heterocycles. The van der Waals surface area contributed by atoms with Crippen LogP contribution in [0.3, 0.4) is 0 Å². The van der Waals surface area contributed by atoms with Crippen LogP contribution in [0.5, 0.6) is 0 Å². The second kappa shape index (κ2) is 3.69. The molecule has 2 heteroatoms. The van der Waals surface area contributed by atoms with Gasteiger partial charge in [0.1, 0.15) is 0 Å².